The van der Waals surface area contributed by atoms with E-state index in [2.05, 4.69) is 54.9 Å². The molecule has 5 heteroatoms. The summed E-state index contributed by atoms with van der Waals surface area (Å²) in [6, 6.07) is 2.46. The van der Waals surface area contributed by atoms with E-state index in [9.17, 15) is 0 Å². The molecule has 0 amide bonds. The molecule has 0 saturated carbocycles. The second kappa shape index (κ2) is 6.13. The Morgan fingerprint density at radius 1 is 1.23 bits per heavy atom. The number of piperidine rings is 1. The number of anilines is 1. The van der Waals surface area contributed by atoms with Gasteiger partial charge in [-0.1, -0.05) is 0 Å². The predicted molar refractivity (Wildman–Crippen MR) is 92.1 cm³/mol. The molecule has 0 radical (unpaired) electrons. The van der Waals surface area contributed by atoms with E-state index in [-0.39, 0.29) is 11.1 Å². The van der Waals surface area contributed by atoms with E-state index in [1.165, 1.54) is 0 Å². The number of nitrogens with two attached hydrogens (primary N) is 1. The van der Waals surface area contributed by atoms with Crippen LogP contribution in [0.25, 0.3) is 0 Å². The zero-order chi connectivity index (χ0) is 16.5. The Kier molecular flexibility index (Phi) is 4.78. The van der Waals surface area contributed by atoms with Gasteiger partial charge in [0.1, 0.15) is 11.6 Å². The molecule has 0 bridgehead atoms. The Morgan fingerprint density at radius 2 is 1.82 bits per heavy atom. The van der Waals surface area contributed by atoms with Gasteiger partial charge in [-0.05, 0) is 61.1 Å². The van der Waals surface area contributed by atoms with Crippen molar-refractivity contribution in [2.75, 3.05) is 18.9 Å². The smallest absolute Gasteiger partial charge is 0.130 e. The maximum Gasteiger partial charge on any atom is 0.130 e. The number of hydrogen-bond donors (Lipinski definition) is 2. The van der Waals surface area contributed by atoms with Crippen molar-refractivity contribution in [1.82, 2.24) is 14.9 Å². The van der Waals surface area contributed by atoms with Crippen LogP contribution in [0.2, 0.25) is 0 Å². The van der Waals surface area contributed by atoms with Crippen LogP contribution in [0.4, 0.5) is 5.82 Å². The molecule has 1 aromatic heterocycles. The van der Waals surface area contributed by atoms with Gasteiger partial charge >= 0.3 is 0 Å². The zero-order valence-corrected chi connectivity index (χ0v) is 14.9. The lowest BCUT2D eigenvalue weighted by molar-refractivity contribution is -0.00772. The monoisotopic (exact) mass is 305 g/mol. The van der Waals surface area contributed by atoms with Crippen molar-refractivity contribution in [3.05, 3.63) is 17.6 Å². The molecular formula is C17H31N5. The van der Waals surface area contributed by atoms with Crippen molar-refractivity contribution < 1.29 is 0 Å². The van der Waals surface area contributed by atoms with Crippen molar-refractivity contribution in [2.24, 2.45) is 5.73 Å². The fourth-order valence-corrected chi connectivity index (χ4v) is 3.66. The first-order valence-corrected chi connectivity index (χ1v) is 8.19. The number of rotatable bonds is 4. The van der Waals surface area contributed by atoms with E-state index in [1.54, 1.807) is 0 Å². The van der Waals surface area contributed by atoms with Crippen LogP contribution >= 0.6 is 0 Å². The molecule has 2 rings (SSSR count). The first-order chi connectivity index (χ1) is 10.1. The lowest BCUT2D eigenvalue weighted by atomic mass is 9.77. The van der Waals surface area contributed by atoms with E-state index in [1.807, 2.05) is 13.0 Å². The van der Waals surface area contributed by atoms with Gasteiger partial charge in [0.25, 0.3) is 0 Å². The summed E-state index contributed by atoms with van der Waals surface area (Å²) in [6.07, 6.45) is 2.99. The molecule has 124 valence electrons. The topological polar surface area (TPSA) is 67.1 Å². The molecule has 5 nitrogen and oxygen atoms in total. The minimum Gasteiger partial charge on any atom is -0.367 e. The standard InChI is InChI=1S/C17H31N5/c1-12-19-13(7-8-18)9-15(20-12)21-14-10-16(2,3)22(6)17(4,5)11-14/h9,14H,7-8,10-11,18H2,1-6H3,(H,19,20,21). The molecule has 0 atom stereocenters. The third-order valence-corrected chi connectivity index (χ3v) is 4.95. The summed E-state index contributed by atoms with van der Waals surface area (Å²) in [7, 11) is 2.23. The molecule has 22 heavy (non-hydrogen) atoms. The average Bonchev–Trinajstić information content (AvgIpc) is 2.34. The summed E-state index contributed by atoms with van der Waals surface area (Å²) in [5.41, 5.74) is 7.00. The number of nitrogens with zero attached hydrogens (tertiary/aromatic N) is 3. The average molecular weight is 305 g/mol. The zero-order valence-electron chi connectivity index (χ0n) is 14.9. The highest BCUT2D eigenvalue weighted by molar-refractivity contribution is 5.38. The predicted octanol–water partition coefficient (Wildman–Crippen LogP) is 2.35. The van der Waals surface area contributed by atoms with E-state index in [0.717, 1.165) is 36.6 Å². The van der Waals surface area contributed by atoms with Crippen molar-refractivity contribution >= 4 is 5.82 Å². The summed E-state index contributed by atoms with van der Waals surface area (Å²) in [5.74, 6) is 1.73. The van der Waals surface area contributed by atoms with Gasteiger partial charge in [0.05, 0.1) is 0 Å². The number of hydrogen-bond acceptors (Lipinski definition) is 5. The lowest BCUT2D eigenvalue weighted by Crippen LogP contribution is -2.61. The molecule has 1 aliphatic rings. The molecule has 1 aliphatic heterocycles. The Bertz CT molecular complexity index is 506. The Morgan fingerprint density at radius 3 is 2.36 bits per heavy atom. The first kappa shape index (κ1) is 17.2. The van der Waals surface area contributed by atoms with Crippen LogP contribution in [0.15, 0.2) is 6.07 Å². The van der Waals surface area contributed by atoms with Crippen molar-refractivity contribution in [2.45, 2.75) is 71.0 Å². The van der Waals surface area contributed by atoms with Gasteiger partial charge < -0.3 is 11.1 Å². The normalized spacial score (nSPS) is 21.8. The van der Waals surface area contributed by atoms with Gasteiger partial charge in [-0.2, -0.15) is 0 Å². The van der Waals surface area contributed by atoms with Crippen LogP contribution < -0.4 is 11.1 Å². The lowest BCUT2D eigenvalue weighted by Gasteiger charge is -2.53. The summed E-state index contributed by atoms with van der Waals surface area (Å²) >= 11 is 0. The van der Waals surface area contributed by atoms with Gasteiger partial charge in [0.2, 0.25) is 0 Å². The molecule has 1 saturated heterocycles. The highest BCUT2D eigenvalue weighted by Crippen LogP contribution is 2.37. The Labute approximate surface area is 134 Å². The SMILES string of the molecule is Cc1nc(CCN)cc(NC2CC(C)(C)N(C)C(C)(C)C2)n1. The van der Waals surface area contributed by atoms with E-state index >= 15 is 0 Å². The van der Waals surface area contributed by atoms with Gasteiger partial charge in [-0.3, -0.25) is 4.90 Å². The largest absolute Gasteiger partial charge is 0.367 e. The maximum absolute atomic E-state index is 5.65. The van der Waals surface area contributed by atoms with Crippen LogP contribution in [0.3, 0.4) is 0 Å². The third kappa shape index (κ3) is 3.76. The fraction of sp³-hybridized carbons (Fsp3) is 0.765. The molecule has 0 aliphatic carbocycles. The summed E-state index contributed by atoms with van der Waals surface area (Å²) in [6.45, 7) is 11.8. The molecular weight excluding hydrogens is 274 g/mol. The van der Waals surface area contributed by atoms with Gasteiger partial charge in [0.15, 0.2) is 0 Å². The third-order valence-electron chi connectivity index (χ3n) is 4.95. The van der Waals surface area contributed by atoms with Crippen LogP contribution in [0, 0.1) is 6.92 Å². The summed E-state index contributed by atoms with van der Waals surface area (Å²) in [5, 5.41) is 3.63. The van der Waals surface area contributed by atoms with Crippen molar-refractivity contribution in [3.8, 4) is 0 Å². The number of aromatic nitrogens is 2. The quantitative estimate of drug-likeness (QED) is 0.894. The van der Waals surface area contributed by atoms with Crippen LogP contribution in [-0.4, -0.2) is 45.6 Å². The fourth-order valence-electron chi connectivity index (χ4n) is 3.66. The Hall–Kier alpha value is -1.20. The van der Waals surface area contributed by atoms with Crippen LogP contribution in [0.1, 0.15) is 52.1 Å². The first-order valence-electron chi connectivity index (χ1n) is 8.19. The molecule has 0 unspecified atom stereocenters. The van der Waals surface area contributed by atoms with Crippen LogP contribution in [0.5, 0.6) is 0 Å². The highest BCUT2D eigenvalue weighted by atomic mass is 15.2. The summed E-state index contributed by atoms with van der Waals surface area (Å²) in [4.78, 5) is 11.5. The molecule has 3 N–H and O–H groups in total. The minimum atomic E-state index is 0.168. The van der Waals surface area contributed by atoms with E-state index in [4.69, 9.17) is 5.73 Å². The van der Waals surface area contributed by atoms with Gasteiger partial charge in [-0.15, -0.1) is 0 Å². The Balaban J connectivity index is 2.17. The van der Waals surface area contributed by atoms with E-state index in [0.29, 0.717) is 12.6 Å². The second-order valence-corrected chi connectivity index (χ2v) is 7.76. The highest BCUT2D eigenvalue weighted by Gasteiger charge is 2.43. The summed E-state index contributed by atoms with van der Waals surface area (Å²) < 4.78 is 0. The molecule has 1 fully saturated rings. The number of nitrogens with one attached hydrogen (secondary N) is 1. The molecule has 0 spiro atoms. The van der Waals surface area contributed by atoms with Crippen molar-refractivity contribution in [3.63, 3.8) is 0 Å². The van der Waals surface area contributed by atoms with Gasteiger partial charge in [-0.25, -0.2) is 9.97 Å². The molecule has 0 aromatic carbocycles. The maximum atomic E-state index is 5.65. The number of aryl methyl sites for hydroxylation is 1. The molecule has 1 aromatic rings. The second-order valence-electron chi connectivity index (χ2n) is 7.76. The van der Waals surface area contributed by atoms with Crippen molar-refractivity contribution in [1.29, 1.82) is 0 Å². The van der Waals surface area contributed by atoms with Crippen LogP contribution in [-0.2, 0) is 6.42 Å². The minimum absolute atomic E-state index is 0.168. The number of likely N-dealkylation sites (tertiary alicyclic amines) is 1. The van der Waals surface area contributed by atoms with E-state index < -0.39 is 0 Å². The van der Waals surface area contributed by atoms with Gasteiger partial charge in [0, 0.05) is 35.3 Å². The molecule has 2 heterocycles.